The molecule has 2 rings (SSSR count). The van der Waals surface area contributed by atoms with E-state index < -0.39 is 17.8 Å². The van der Waals surface area contributed by atoms with Gasteiger partial charge in [0.25, 0.3) is 0 Å². The monoisotopic (exact) mass is 421 g/mol. The molecule has 1 atom stereocenters. The average molecular weight is 421 g/mol. The first-order valence-electron chi connectivity index (χ1n) is 9.16. The first kappa shape index (κ1) is 23.0. The highest BCUT2D eigenvalue weighted by Gasteiger charge is 2.33. The molecule has 0 bridgehead atoms. The summed E-state index contributed by atoms with van der Waals surface area (Å²) in [4.78, 5) is 16.1. The maximum Gasteiger partial charge on any atom is 0.433 e. The first-order valence-corrected chi connectivity index (χ1v) is 9.16. The van der Waals surface area contributed by atoms with Crippen molar-refractivity contribution in [1.82, 2.24) is 10.3 Å². The molecular formula is C21H22F3N3O3. The van der Waals surface area contributed by atoms with Crippen LogP contribution in [0.3, 0.4) is 0 Å². The molecule has 1 amide bonds. The zero-order chi connectivity index (χ0) is 22.5. The maximum atomic E-state index is 12.9. The number of alkyl halides is 3. The molecule has 0 aliphatic rings. The van der Waals surface area contributed by atoms with E-state index in [-0.39, 0.29) is 24.4 Å². The van der Waals surface area contributed by atoms with Crippen molar-refractivity contribution < 1.29 is 27.4 Å². The van der Waals surface area contributed by atoms with Crippen molar-refractivity contribution >= 4 is 5.91 Å². The van der Waals surface area contributed by atoms with Crippen molar-refractivity contribution in [3.63, 3.8) is 0 Å². The van der Waals surface area contributed by atoms with E-state index in [2.05, 4.69) is 10.3 Å². The summed E-state index contributed by atoms with van der Waals surface area (Å²) >= 11 is 0. The van der Waals surface area contributed by atoms with Crippen LogP contribution in [-0.2, 0) is 17.5 Å². The molecule has 9 heteroatoms. The maximum absolute atomic E-state index is 12.9. The van der Waals surface area contributed by atoms with Crippen LogP contribution in [-0.4, -0.2) is 24.1 Å². The van der Waals surface area contributed by atoms with Gasteiger partial charge in [0.15, 0.2) is 0 Å². The minimum atomic E-state index is -4.60. The van der Waals surface area contributed by atoms with Gasteiger partial charge in [0.2, 0.25) is 11.8 Å². The smallest absolute Gasteiger partial charge is 0.433 e. The number of ether oxygens (including phenoxy) is 2. The second-order valence-corrected chi connectivity index (χ2v) is 6.84. The lowest BCUT2D eigenvalue weighted by atomic mass is 9.98. The second kappa shape index (κ2) is 9.48. The highest BCUT2D eigenvalue weighted by atomic mass is 19.4. The first-order chi connectivity index (χ1) is 14.1. The molecule has 2 aromatic rings. The summed E-state index contributed by atoms with van der Waals surface area (Å²) in [5.74, 6) is -0.747. The second-order valence-electron chi connectivity index (χ2n) is 6.84. The third kappa shape index (κ3) is 5.63. The SMILES string of the molecule is COc1cc(C(C)C(=O)NCc2ccc(C(F)(F)F)nc2OC(C)C)ccc1C#N. The number of hydrogen-bond acceptors (Lipinski definition) is 5. The molecule has 0 fully saturated rings. The molecule has 1 N–H and O–H groups in total. The molecule has 1 aromatic carbocycles. The summed E-state index contributed by atoms with van der Waals surface area (Å²) in [5.41, 5.74) is 0.244. The number of benzene rings is 1. The molecule has 0 aliphatic carbocycles. The summed E-state index contributed by atoms with van der Waals surface area (Å²) in [6.07, 6.45) is -4.99. The Labute approximate surface area is 172 Å². The van der Waals surface area contributed by atoms with Crippen LogP contribution >= 0.6 is 0 Å². The summed E-state index contributed by atoms with van der Waals surface area (Å²) < 4.78 is 49.4. The molecule has 0 aliphatic heterocycles. The van der Waals surface area contributed by atoms with Gasteiger partial charge in [0.05, 0.1) is 24.7 Å². The number of nitrogens with one attached hydrogen (secondary N) is 1. The summed E-state index contributed by atoms with van der Waals surface area (Å²) in [6.45, 7) is 4.96. The Morgan fingerprint density at radius 1 is 1.23 bits per heavy atom. The lowest BCUT2D eigenvalue weighted by Crippen LogP contribution is -2.28. The molecule has 1 aromatic heterocycles. The number of nitrogens with zero attached hydrogens (tertiary/aromatic N) is 2. The number of halogens is 3. The van der Waals surface area contributed by atoms with Gasteiger partial charge < -0.3 is 14.8 Å². The van der Waals surface area contributed by atoms with Crippen molar-refractivity contribution in [2.24, 2.45) is 0 Å². The fraction of sp³-hybridized carbons (Fsp3) is 0.381. The molecular weight excluding hydrogens is 399 g/mol. The van der Waals surface area contributed by atoms with Gasteiger partial charge in [0.1, 0.15) is 17.5 Å². The van der Waals surface area contributed by atoms with Gasteiger partial charge in [-0.1, -0.05) is 6.07 Å². The molecule has 0 saturated heterocycles. The fourth-order valence-electron chi connectivity index (χ4n) is 2.64. The van der Waals surface area contributed by atoms with Crippen LogP contribution in [0.2, 0.25) is 0 Å². The Morgan fingerprint density at radius 3 is 2.50 bits per heavy atom. The van der Waals surface area contributed by atoms with E-state index in [9.17, 15) is 18.0 Å². The van der Waals surface area contributed by atoms with Gasteiger partial charge >= 0.3 is 6.18 Å². The van der Waals surface area contributed by atoms with Gasteiger partial charge in [-0.2, -0.15) is 18.4 Å². The number of methoxy groups -OCH3 is 1. The van der Waals surface area contributed by atoms with Gasteiger partial charge in [-0.25, -0.2) is 4.98 Å². The van der Waals surface area contributed by atoms with Gasteiger partial charge in [-0.15, -0.1) is 0 Å². The van der Waals surface area contributed by atoms with Crippen LogP contribution in [0.5, 0.6) is 11.6 Å². The lowest BCUT2D eigenvalue weighted by Gasteiger charge is -2.17. The van der Waals surface area contributed by atoms with Gasteiger partial charge in [-0.05, 0) is 50.6 Å². The van der Waals surface area contributed by atoms with Crippen LogP contribution in [0, 0.1) is 11.3 Å². The van der Waals surface area contributed by atoms with Crippen molar-refractivity contribution in [2.75, 3.05) is 7.11 Å². The normalized spacial score (nSPS) is 12.2. The summed E-state index contributed by atoms with van der Waals surface area (Å²) in [7, 11) is 1.43. The number of hydrogen-bond donors (Lipinski definition) is 1. The quantitative estimate of drug-likeness (QED) is 0.725. The third-order valence-electron chi connectivity index (χ3n) is 4.27. The molecule has 0 spiro atoms. The Balaban J connectivity index is 2.18. The largest absolute Gasteiger partial charge is 0.495 e. The molecule has 1 heterocycles. The Kier molecular flexibility index (Phi) is 7.27. The van der Waals surface area contributed by atoms with E-state index >= 15 is 0 Å². The van der Waals surface area contributed by atoms with Crippen LogP contribution in [0.15, 0.2) is 30.3 Å². The Hall–Kier alpha value is -3.28. The molecule has 160 valence electrons. The summed E-state index contributed by atoms with van der Waals surface area (Å²) in [6, 6.07) is 8.91. The minimum Gasteiger partial charge on any atom is -0.495 e. The highest BCUT2D eigenvalue weighted by Crippen LogP contribution is 2.31. The standard InChI is InChI=1S/C21H22F3N3O3/c1-12(2)30-20-16(7-8-18(27-20)21(22,23)24)11-26-19(28)13(3)14-5-6-15(10-25)17(9-14)29-4/h5-9,12-13H,11H2,1-4H3,(H,26,28). The topological polar surface area (TPSA) is 84.2 Å². The van der Waals surface area contributed by atoms with Crippen LogP contribution in [0.4, 0.5) is 13.2 Å². The van der Waals surface area contributed by atoms with Crippen LogP contribution < -0.4 is 14.8 Å². The number of carbonyl (C=O) groups is 1. The van der Waals surface area contributed by atoms with E-state index in [0.29, 0.717) is 22.4 Å². The van der Waals surface area contributed by atoms with Crippen molar-refractivity contribution in [1.29, 1.82) is 5.26 Å². The summed E-state index contributed by atoms with van der Waals surface area (Å²) in [5, 5.41) is 11.7. The molecule has 0 saturated carbocycles. The van der Waals surface area contributed by atoms with E-state index in [1.54, 1.807) is 39.0 Å². The Morgan fingerprint density at radius 2 is 1.93 bits per heavy atom. The zero-order valence-corrected chi connectivity index (χ0v) is 17.0. The molecule has 6 nitrogen and oxygen atoms in total. The number of amides is 1. The predicted molar refractivity (Wildman–Crippen MR) is 103 cm³/mol. The van der Waals surface area contributed by atoms with Gasteiger partial charge in [0, 0.05) is 12.1 Å². The van der Waals surface area contributed by atoms with Gasteiger partial charge in [-0.3, -0.25) is 4.79 Å². The van der Waals surface area contributed by atoms with E-state index in [1.807, 2.05) is 6.07 Å². The van der Waals surface area contributed by atoms with Crippen LogP contribution in [0.1, 0.15) is 49.1 Å². The number of nitriles is 1. The number of aromatic nitrogens is 1. The van der Waals surface area contributed by atoms with Crippen molar-refractivity contribution in [3.8, 4) is 17.7 Å². The number of carbonyl (C=O) groups excluding carboxylic acids is 1. The van der Waals surface area contributed by atoms with E-state index in [1.165, 1.54) is 13.2 Å². The highest BCUT2D eigenvalue weighted by molar-refractivity contribution is 5.83. The lowest BCUT2D eigenvalue weighted by molar-refractivity contribution is -0.141. The van der Waals surface area contributed by atoms with Crippen molar-refractivity contribution in [2.45, 2.75) is 45.5 Å². The minimum absolute atomic E-state index is 0.0518. The number of pyridine rings is 1. The molecule has 1 unspecified atom stereocenters. The fourth-order valence-corrected chi connectivity index (χ4v) is 2.64. The third-order valence-corrected chi connectivity index (χ3v) is 4.27. The zero-order valence-electron chi connectivity index (χ0n) is 17.0. The van der Waals surface area contributed by atoms with E-state index in [4.69, 9.17) is 14.7 Å². The number of rotatable bonds is 7. The predicted octanol–water partition coefficient (Wildman–Crippen LogP) is 4.19. The van der Waals surface area contributed by atoms with E-state index in [0.717, 1.165) is 6.07 Å². The van der Waals surface area contributed by atoms with Crippen LogP contribution in [0.25, 0.3) is 0 Å². The Bertz CT molecular complexity index is 953. The van der Waals surface area contributed by atoms with Crippen molar-refractivity contribution in [3.05, 3.63) is 52.7 Å². The average Bonchev–Trinajstić information content (AvgIpc) is 2.70. The molecule has 30 heavy (non-hydrogen) atoms. The molecule has 0 radical (unpaired) electrons.